The average molecular weight is 211 g/mol. The molecule has 0 saturated carbocycles. The molecule has 5 N–H and O–H groups in total. The molecule has 0 radical (unpaired) electrons. The van der Waals surface area contributed by atoms with Gasteiger partial charge in [0.1, 0.15) is 0 Å². The second-order valence-corrected chi connectivity index (χ2v) is 0.593. The molecule has 0 aliphatic rings. The van der Waals surface area contributed by atoms with Crippen molar-refractivity contribution in [3.63, 3.8) is 0 Å². The molecule has 0 amide bonds. The monoisotopic (exact) mass is 210 g/mol. The van der Waals surface area contributed by atoms with Crippen molar-refractivity contribution >= 4 is 11.9 Å². The van der Waals surface area contributed by atoms with Crippen LogP contribution in [0.15, 0.2) is 0 Å². The van der Waals surface area contributed by atoms with Gasteiger partial charge in [-0.05, 0) is 0 Å². The quantitative estimate of drug-likeness (QED) is 0.397. The summed E-state index contributed by atoms with van der Waals surface area (Å²) in [6, 6.07) is 0. The zero-order valence-corrected chi connectivity index (χ0v) is 9.59. The normalized spacial score (nSPS) is 4.89. The van der Waals surface area contributed by atoms with Gasteiger partial charge in [0.15, 0.2) is 5.97 Å². The predicted octanol–water partition coefficient (Wildman–Crippen LogP) is -6.82. The van der Waals surface area contributed by atoms with Gasteiger partial charge in [-0.3, -0.25) is 0 Å². The molecule has 0 aromatic rings. The molecule has 0 aliphatic carbocycles. The van der Waals surface area contributed by atoms with E-state index in [0.717, 1.165) is 0 Å². The SMILES string of the molecule is O.O.O=C([O-])C(=O)O.[Rb+]. The van der Waals surface area contributed by atoms with Gasteiger partial charge in [0.2, 0.25) is 0 Å². The third-order valence-corrected chi connectivity index (χ3v) is 0.175. The number of carbonyl (C=O) groups is 2. The number of aliphatic carboxylic acids is 2. The summed E-state index contributed by atoms with van der Waals surface area (Å²) in [4.78, 5) is 18.0. The molecule has 0 rings (SSSR count). The van der Waals surface area contributed by atoms with Crippen molar-refractivity contribution in [1.82, 2.24) is 0 Å². The molecule has 6 nitrogen and oxygen atoms in total. The van der Waals surface area contributed by atoms with Crippen LogP contribution >= 0.6 is 0 Å². The minimum Gasteiger partial charge on any atom is -0.539 e. The van der Waals surface area contributed by atoms with Crippen LogP contribution in [0, 0.1) is 0 Å². The molecule has 0 aromatic heterocycles. The number of carboxylic acid groups (broad SMARTS) is 2. The summed E-state index contributed by atoms with van der Waals surface area (Å²) in [5.74, 6) is -4.01. The number of hydrogen-bond donors (Lipinski definition) is 1. The Labute approximate surface area is 99.3 Å². The summed E-state index contributed by atoms with van der Waals surface area (Å²) >= 11 is 0. The van der Waals surface area contributed by atoms with Crippen molar-refractivity contribution in [1.29, 1.82) is 0 Å². The first kappa shape index (κ1) is 22.6. The van der Waals surface area contributed by atoms with Crippen LogP contribution in [0.5, 0.6) is 0 Å². The van der Waals surface area contributed by atoms with Gasteiger partial charge < -0.3 is 26.0 Å². The van der Waals surface area contributed by atoms with Gasteiger partial charge in [-0.2, -0.15) is 0 Å². The van der Waals surface area contributed by atoms with Gasteiger partial charge in [-0.15, -0.1) is 0 Å². The van der Waals surface area contributed by atoms with Crippen molar-refractivity contribution in [2.24, 2.45) is 0 Å². The largest absolute Gasteiger partial charge is 1.00 e. The second kappa shape index (κ2) is 11.5. The Morgan fingerprint density at radius 2 is 1.33 bits per heavy atom. The Kier molecular flexibility index (Phi) is 28.8. The van der Waals surface area contributed by atoms with Crippen LogP contribution in [0.25, 0.3) is 0 Å². The maximum atomic E-state index is 9.04. The molecule has 0 bridgehead atoms. The van der Waals surface area contributed by atoms with Gasteiger partial charge in [0.05, 0.1) is 0 Å². The maximum absolute atomic E-state index is 9.04. The van der Waals surface area contributed by atoms with Crippen LogP contribution in [0.2, 0.25) is 0 Å². The van der Waals surface area contributed by atoms with E-state index in [1.54, 1.807) is 0 Å². The number of hydrogen-bond acceptors (Lipinski definition) is 3. The van der Waals surface area contributed by atoms with E-state index in [1.807, 2.05) is 0 Å². The van der Waals surface area contributed by atoms with Crippen LogP contribution in [-0.4, -0.2) is 28.0 Å². The minimum atomic E-state index is -2.07. The fourth-order valence-corrected chi connectivity index (χ4v) is 0. The number of carboxylic acids is 2. The van der Waals surface area contributed by atoms with E-state index in [2.05, 4.69) is 0 Å². The first-order valence-corrected chi connectivity index (χ1v) is 1.09. The summed E-state index contributed by atoms with van der Waals surface area (Å²) in [7, 11) is 0. The molecule has 0 atom stereocenters. The number of carbonyl (C=O) groups excluding carboxylic acids is 1. The van der Waals surface area contributed by atoms with Crippen molar-refractivity contribution in [2.45, 2.75) is 0 Å². The molecule has 7 heteroatoms. The first-order valence-electron chi connectivity index (χ1n) is 1.09. The van der Waals surface area contributed by atoms with Crippen LogP contribution in [0.1, 0.15) is 0 Å². The van der Waals surface area contributed by atoms with Crippen molar-refractivity contribution in [3.8, 4) is 0 Å². The minimum absolute atomic E-state index is 0. The third-order valence-electron chi connectivity index (χ3n) is 0.175. The van der Waals surface area contributed by atoms with E-state index in [4.69, 9.17) is 19.8 Å². The van der Waals surface area contributed by atoms with Gasteiger partial charge >= 0.3 is 64.2 Å². The number of rotatable bonds is 0. The fourth-order valence-electron chi connectivity index (χ4n) is 0. The van der Waals surface area contributed by atoms with Gasteiger partial charge in [0.25, 0.3) is 0 Å². The van der Waals surface area contributed by atoms with E-state index < -0.39 is 11.9 Å². The first-order chi connectivity index (χ1) is 2.64. The molecular weight excluding hydrogens is 205 g/mol. The van der Waals surface area contributed by atoms with Crippen molar-refractivity contribution in [3.05, 3.63) is 0 Å². The van der Waals surface area contributed by atoms with E-state index in [9.17, 15) is 0 Å². The fraction of sp³-hybridized carbons (Fsp3) is 0. The van der Waals surface area contributed by atoms with E-state index >= 15 is 0 Å². The second-order valence-electron chi connectivity index (χ2n) is 0.593. The van der Waals surface area contributed by atoms with E-state index in [1.165, 1.54) is 0 Å². The molecule has 0 aromatic carbocycles. The molecule has 0 fully saturated rings. The van der Waals surface area contributed by atoms with Gasteiger partial charge in [-0.1, -0.05) is 0 Å². The molecule has 0 heterocycles. The molecule has 50 valence electrons. The predicted molar refractivity (Wildman–Crippen MR) is 19.9 cm³/mol. The molecule has 0 aliphatic heterocycles. The molecule has 0 spiro atoms. The van der Waals surface area contributed by atoms with Crippen LogP contribution in [0.3, 0.4) is 0 Å². The molecule has 0 unspecified atom stereocenters. The zero-order chi connectivity index (χ0) is 5.15. The Balaban J connectivity index is -0.0000000417. The smallest absolute Gasteiger partial charge is 0.539 e. The Hall–Kier alpha value is 0.665. The van der Waals surface area contributed by atoms with E-state index in [-0.39, 0.29) is 69.1 Å². The van der Waals surface area contributed by atoms with E-state index in [0.29, 0.717) is 0 Å². The third kappa shape index (κ3) is 17.7. The van der Waals surface area contributed by atoms with Gasteiger partial charge in [-0.25, -0.2) is 4.79 Å². The Morgan fingerprint density at radius 1 is 1.22 bits per heavy atom. The molecular formula is C2H5O6Rb. The summed E-state index contributed by atoms with van der Waals surface area (Å²) in [6.07, 6.45) is 0. The summed E-state index contributed by atoms with van der Waals surface area (Å²) < 4.78 is 0. The van der Waals surface area contributed by atoms with Crippen molar-refractivity contribution in [2.75, 3.05) is 0 Å². The van der Waals surface area contributed by atoms with Gasteiger partial charge in [0, 0.05) is 0 Å². The zero-order valence-electron chi connectivity index (χ0n) is 4.67. The maximum Gasteiger partial charge on any atom is 1.00 e. The standard InChI is InChI=1S/C2H2O4.2H2O.Rb/c3-1(4)2(5)6;;;/h(H,3,4)(H,5,6);2*1H2;/q;;;+1/p-1. The van der Waals surface area contributed by atoms with Crippen molar-refractivity contribution < 1.29 is 88.9 Å². The topological polar surface area (TPSA) is 140 Å². The average Bonchev–Trinajstić information content (AvgIpc) is 1.36. The summed E-state index contributed by atoms with van der Waals surface area (Å²) in [6.45, 7) is 0. The molecule has 0 saturated heterocycles. The summed E-state index contributed by atoms with van der Waals surface area (Å²) in [5, 5.41) is 16.3. The Morgan fingerprint density at radius 3 is 1.33 bits per heavy atom. The molecule has 9 heavy (non-hydrogen) atoms. The van der Waals surface area contributed by atoms with Crippen LogP contribution in [0.4, 0.5) is 0 Å². The van der Waals surface area contributed by atoms with Crippen LogP contribution < -0.4 is 63.3 Å². The van der Waals surface area contributed by atoms with Crippen LogP contribution in [-0.2, 0) is 9.59 Å². The Bertz CT molecular complexity index is 77.1. The summed E-state index contributed by atoms with van der Waals surface area (Å²) in [5.41, 5.74) is 0.